The van der Waals surface area contributed by atoms with Gasteiger partial charge in [-0.15, -0.1) is 0 Å². The summed E-state index contributed by atoms with van der Waals surface area (Å²) >= 11 is 0. The van der Waals surface area contributed by atoms with E-state index in [0.29, 0.717) is 37.6 Å². The minimum Gasteiger partial charge on any atom is -0.356 e. The van der Waals surface area contributed by atoms with E-state index in [-0.39, 0.29) is 17.3 Å². The molecule has 0 radical (unpaired) electrons. The number of carbonyl (C=O) groups excluding carboxylic acids is 1. The second-order valence-corrected chi connectivity index (χ2v) is 4.67. The third-order valence-corrected chi connectivity index (χ3v) is 2.94. The number of nitrogens with zero attached hydrogens (tertiary/aromatic N) is 2. The third-order valence-electron chi connectivity index (χ3n) is 2.94. The summed E-state index contributed by atoms with van der Waals surface area (Å²) in [4.78, 5) is 31.9. The smallest absolute Gasteiger partial charge is 0.252 e. The Morgan fingerprint density at radius 3 is 2.53 bits per heavy atom. The molecule has 2 heterocycles. The quantitative estimate of drug-likeness (QED) is 0.832. The summed E-state index contributed by atoms with van der Waals surface area (Å²) < 4.78 is 0. The Morgan fingerprint density at radius 2 is 1.94 bits per heavy atom. The van der Waals surface area contributed by atoms with E-state index in [0.717, 1.165) is 0 Å². The van der Waals surface area contributed by atoms with E-state index in [1.54, 1.807) is 0 Å². The van der Waals surface area contributed by atoms with E-state index in [4.69, 9.17) is 0 Å². The van der Waals surface area contributed by atoms with Crippen LogP contribution in [0.5, 0.6) is 0 Å². The molecule has 5 nitrogen and oxygen atoms in total. The molecule has 1 saturated heterocycles. The third kappa shape index (κ3) is 2.72. The zero-order valence-corrected chi connectivity index (χ0v) is 10.2. The Bertz CT molecular complexity index is 469. The topological polar surface area (TPSA) is 66.1 Å². The molecule has 2 rings (SSSR count). The van der Waals surface area contributed by atoms with Crippen LogP contribution in [0, 0.1) is 0 Å². The molecule has 1 N–H and O–H groups in total. The number of ketones is 1. The first-order valence-electron chi connectivity index (χ1n) is 5.94. The number of aromatic nitrogens is 2. The van der Waals surface area contributed by atoms with Gasteiger partial charge in [-0.3, -0.25) is 9.59 Å². The van der Waals surface area contributed by atoms with Gasteiger partial charge in [0.1, 0.15) is 17.4 Å². The molecule has 17 heavy (non-hydrogen) atoms. The summed E-state index contributed by atoms with van der Waals surface area (Å²) in [7, 11) is 0. The molecule has 5 heteroatoms. The average Bonchev–Trinajstić information content (AvgIpc) is 2.29. The van der Waals surface area contributed by atoms with Crippen LogP contribution in [-0.4, -0.2) is 28.8 Å². The molecule has 0 amide bonds. The first-order chi connectivity index (χ1) is 8.06. The van der Waals surface area contributed by atoms with Gasteiger partial charge in [-0.2, -0.15) is 0 Å². The van der Waals surface area contributed by atoms with Gasteiger partial charge in [0.15, 0.2) is 0 Å². The number of H-pyrrole nitrogens is 1. The van der Waals surface area contributed by atoms with Gasteiger partial charge >= 0.3 is 0 Å². The predicted octanol–water partition coefficient (Wildman–Crippen LogP) is 1.06. The van der Waals surface area contributed by atoms with Crippen molar-refractivity contribution in [1.29, 1.82) is 0 Å². The van der Waals surface area contributed by atoms with Crippen LogP contribution >= 0.6 is 0 Å². The van der Waals surface area contributed by atoms with Gasteiger partial charge in [-0.05, 0) is 0 Å². The number of rotatable bonds is 2. The van der Waals surface area contributed by atoms with Crippen LogP contribution in [0.2, 0.25) is 0 Å². The van der Waals surface area contributed by atoms with Gasteiger partial charge in [0.05, 0.1) is 0 Å². The summed E-state index contributed by atoms with van der Waals surface area (Å²) in [5.41, 5.74) is -0.129. The van der Waals surface area contributed by atoms with Gasteiger partial charge in [-0.25, -0.2) is 4.98 Å². The highest BCUT2D eigenvalue weighted by atomic mass is 16.1. The average molecular weight is 235 g/mol. The highest BCUT2D eigenvalue weighted by Gasteiger charge is 2.18. The Morgan fingerprint density at radius 1 is 1.29 bits per heavy atom. The highest BCUT2D eigenvalue weighted by molar-refractivity contribution is 5.80. The number of piperidine rings is 1. The fourth-order valence-electron chi connectivity index (χ4n) is 1.88. The van der Waals surface area contributed by atoms with Crippen LogP contribution < -0.4 is 10.5 Å². The van der Waals surface area contributed by atoms with Crippen LogP contribution in [-0.2, 0) is 4.79 Å². The lowest BCUT2D eigenvalue weighted by molar-refractivity contribution is -0.119. The van der Waals surface area contributed by atoms with Gasteiger partial charge in [-0.1, -0.05) is 13.8 Å². The molecular weight excluding hydrogens is 218 g/mol. The lowest BCUT2D eigenvalue weighted by Crippen LogP contribution is -2.35. The monoisotopic (exact) mass is 235 g/mol. The normalized spacial score (nSPS) is 16.6. The molecule has 0 aliphatic carbocycles. The summed E-state index contributed by atoms with van der Waals surface area (Å²) in [6.45, 7) is 5.29. The van der Waals surface area contributed by atoms with Crippen molar-refractivity contribution in [1.82, 2.24) is 9.97 Å². The number of nitrogens with one attached hydrogen (secondary N) is 1. The fraction of sp³-hybridized carbons (Fsp3) is 0.583. The summed E-state index contributed by atoms with van der Waals surface area (Å²) in [6, 6.07) is 1.50. The molecule has 1 aliphatic heterocycles. The van der Waals surface area contributed by atoms with Crippen molar-refractivity contribution in [2.75, 3.05) is 18.0 Å². The van der Waals surface area contributed by atoms with E-state index in [9.17, 15) is 9.59 Å². The number of carbonyl (C=O) groups is 1. The van der Waals surface area contributed by atoms with Crippen LogP contribution in [0.15, 0.2) is 10.9 Å². The van der Waals surface area contributed by atoms with Crippen molar-refractivity contribution in [2.24, 2.45) is 0 Å². The van der Waals surface area contributed by atoms with Crippen molar-refractivity contribution >= 4 is 11.6 Å². The summed E-state index contributed by atoms with van der Waals surface area (Å²) in [6.07, 6.45) is 1.09. The molecular formula is C12H17N3O2. The molecule has 0 atom stereocenters. The van der Waals surface area contributed by atoms with Crippen molar-refractivity contribution in [3.63, 3.8) is 0 Å². The lowest BCUT2D eigenvalue weighted by Gasteiger charge is -2.27. The lowest BCUT2D eigenvalue weighted by atomic mass is 10.1. The first kappa shape index (κ1) is 11.8. The fourth-order valence-corrected chi connectivity index (χ4v) is 1.88. The zero-order chi connectivity index (χ0) is 12.4. The number of anilines is 1. The van der Waals surface area contributed by atoms with E-state index in [2.05, 4.69) is 9.97 Å². The second-order valence-electron chi connectivity index (χ2n) is 4.67. The zero-order valence-electron chi connectivity index (χ0n) is 10.2. The summed E-state index contributed by atoms with van der Waals surface area (Å²) in [5, 5.41) is 0. The largest absolute Gasteiger partial charge is 0.356 e. The van der Waals surface area contributed by atoms with Crippen molar-refractivity contribution < 1.29 is 4.79 Å². The maximum Gasteiger partial charge on any atom is 0.252 e. The Kier molecular flexibility index (Phi) is 3.26. The van der Waals surface area contributed by atoms with Crippen LogP contribution in [0.3, 0.4) is 0 Å². The number of Topliss-reactive ketones (excluding diaryl/α,β-unsaturated/α-hetero) is 1. The molecule has 0 saturated carbocycles. The SMILES string of the molecule is CC(C)c1nc(N2CCC(=O)CC2)cc(=O)[nH]1. The molecule has 92 valence electrons. The van der Waals surface area contributed by atoms with E-state index >= 15 is 0 Å². The minimum absolute atomic E-state index is 0.129. The Balaban J connectivity index is 2.26. The van der Waals surface area contributed by atoms with Crippen LogP contribution in [0.25, 0.3) is 0 Å². The predicted molar refractivity (Wildman–Crippen MR) is 65.4 cm³/mol. The van der Waals surface area contributed by atoms with E-state index in [1.165, 1.54) is 6.07 Å². The molecule has 1 aromatic heterocycles. The second kappa shape index (κ2) is 4.69. The first-order valence-corrected chi connectivity index (χ1v) is 5.94. The maximum atomic E-state index is 11.5. The minimum atomic E-state index is -0.129. The van der Waals surface area contributed by atoms with E-state index in [1.807, 2.05) is 18.7 Å². The van der Waals surface area contributed by atoms with Crippen molar-refractivity contribution in [3.8, 4) is 0 Å². The molecule has 1 fully saturated rings. The van der Waals surface area contributed by atoms with E-state index < -0.39 is 0 Å². The Labute approximate surface area is 99.9 Å². The molecule has 0 spiro atoms. The summed E-state index contributed by atoms with van der Waals surface area (Å²) in [5.74, 6) is 1.86. The van der Waals surface area contributed by atoms with Crippen molar-refractivity contribution in [3.05, 3.63) is 22.2 Å². The highest BCUT2D eigenvalue weighted by Crippen LogP contribution is 2.16. The molecule has 0 aromatic carbocycles. The molecule has 1 aromatic rings. The molecule has 1 aliphatic rings. The number of aromatic amines is 1. The van der Waals surface area contributed by atoms with Gasteiger partial charge in [0.25, 0.3) is 5.56 Å². The maximum absolute atomic E-state index is 11.5. The van der Waals surface area contributed by atoms with Gasteiger partial charge in [0.2, 0.25) is 0 Å². The van der Waals surface area contributed by atoms with Crippen molar-refractivity contribution in [2.45, 2.75) is 32.6 Å². The van der Waals surface area contributed by atoms with Crippen LogP contribution in [0.1, 0.15) is 38.4 Å². The molecule has 0 unspecified atom stereocenters. The number of hydrogen-bond donors (Lipinski definition) is 1. The van der Waals surface area contributed by atoms with Gasteiger partial charge < -0.3 is 9.88 Å². The Hall–Kier alpha value is -1.65. The number of hydrogen-bond acceptors (Lipinski definition) is 4. The standard InChI is InChI=1S/C12H17N3O2/c1-8(2)12-13-10(7-11(17)14-12)15-5-3-9(16)4-6-15/h7-8H,3-6H2,1-2H3,(H,13,14,17). The van der Waals surface area contributed by atoms with Crippen LogP contribution in [0.4, 0.5) is 5.82 Å². The van der Waals surface area contributed by atoms with Gasteiger partial charge in [0, 0.05) is 37.9 Å². The molecule has 0 bridgehead atoms.